The fourth-order valence-electron chi connectivity index (χ4n) is 2.74. The second kappa shape index (κ2) is 9.47. The minimum Gasteiger partial charge on any atom is -0.486 e. The number of aromatic nitrogens is 2. The summed E-state index contributed by atoms with van der Waals surface area (Å²) in [6, 6.07) is 15.3. The maximum Gasteiger partial charge on any atom is 0.267 e. The summed E-state index contributed by atoms with van der Waals surface area (Å²) < 4.78 is 32.9. The van der Waals surface area contributed by atoms with Crippen LogP contribution in [-0.4, -0.2) is 24.3 Å². The number of rotatable bonds is 8. The van der Waals surface area contributed by atoms with Gasteiger partial charge in [0.15, 0.2) is 5.13 Å². The van der Waals surface area contributed by atoms with Crippen molar-refractivity contribution in [1.82, 2.24) is 9.97 Å². The van der Waals surface area contributed by atoms with Crippen LogP contribution in [0.4, 0.5) is 10.8 Å². The monoisotopic (exact) mass is 486 g/mol. The van der Waals surface area contributed by atoms with Gasteiger partial charge in [0.1, 0.15) is 22.2 Å². The third kappa shape index (κ3) is 5.31. The standard InChI is InChI=1S/C21H18N4O4S3/c1-14-19(31-18(23-14)13-29-16-5-3-2-4-6-16)20(26)24-15-7-9-17(10-8-15)32(27,28)25-21-22-11-12-30-21/h2-12H,13H2,1H3,(H,22,25)(H,24,26). The van der Waals surface area contributed by atoms with Gasteiger partial charge in [0.2, 0.25) is 0 Å². The van der Waals surface area contributed by atoms with Crippen LogP contribution in [0, 0.1) is 6.92 Å². The van der Waals surface area contributed by atoms with Crippen molar-refractivity contribution in [3.8, 4) is 5.75 Å². The highest BCUT2D eigenvalue weighted by atomic mass is 32.2. The number of para-hydroxylation sites is 1. The van der Waals surface area contributed by atoms with E-state index in [-0.39, 0.29) is 22.5 Å². The van der Waals surface area contributed by atoms with E-state index in [0.717, 1.165) is 5.75 Å². The predicted octanol–water partition coefficient (Wildman–Crippen LogP) is 4.54. The molecule has 0 atom stereocenters. The number of anilines is 2. The van der Waals surface area contributed by atoms with Crippen LogP contribution in [-0.2, 0) is 16.6 Å². The van der Waals surface area contributed by atoms with Crippen LogP contribution in [0.2, 0.25) is 0 Å². The SMILES string of the molecule is Cc1nc(COc2ccccc2)sc1C(=O)Nc1ccc(S(=O)(=O)Nc2nccs2)cc1. The van der Waals surface area contributed by atoms with E-state index in [1.165, 1.54) is 53.1 Å². The molecule has 8 nitrogen and oxygen atoms in total. The third-order valence-corrected chi connectivity index (χ3v) is 7.53. The Morgan fingerprint density at radius 2 is 1.84 bits per heavy atom. The van der Waals surface area contributed by atoms with Gasteiger partial charge >= 0.3 is 0 Å². The number of nitrogens with one attached hydrogen (secondary N) is 2. The second-order valence-corrected chi connectivity index (χ2v) is 10.2. The summed E-state index contributed by atoms with van der Waals surface area (Å²) in [6.45, 7) is 2.03. The number of thiazole rings is 2. The summed E-state index contributed by atoms with van der Waals surface area (Å²) in [6.07, 6.45) is 1.52. The molecule has 0 aliphatic rings. The minimum atomic E-state index is -3.75. The van der Waals surface area contributed by atoms with Crippen molar-refractivity contribution in [2.45, 2.75) is 18.4 Å². The summed E-state index contributed by atoms with van der Waals surface area (Å²) in [4.78, 5) is 21.6. The summed E-state index contributed by atoms with van der Waals surface area (Å²) in [5.41, 5.74) is 1.07. The van der Waals surface area contributed by atoms with Crippen LogP contribution < -0.4 is 14.8 Å². The number of sulfonamides is 1. The summed E-state index contributed by atoms with van der Waals surface area (Å²) >= 11 is 2.44. The maximum absolute atomic E-state index is 12.7. The first kappa shape index (κ1) is 21.9. The molecule has 4 rings (SSSR count). The zero-order valence-corrected chi connectivity index (χ0v) is 19.3. The highest BCUT2D eigenvalue weighted by Crippen LogP contribution is 2.23. The van der Waals surface area contributed by atoms with Crippen molar-refractivity contribution in [1.29, 1.82) is 0 Å². The lowest BCUT2D eigenvalue weighted by molar-refractivity contribution is 0.103. The maximum atomic E-state index is 12.7. The lowest BCUT2D eigenvalue weighted by atomic mass is 10.3. The first-order valence-electron chi connectivity index (χ1n) is 9.38. The average Bonchev–Trinajstić information content (AvgIpc) is 3.42. The topological polar surface area (TPSA) is 110 Å². The average molecular weight is 487 g/mol. The minimum absolute atomic E-state index is 0.0695. The van der Waals surface area contributed by atoms with E-state index in [0.29, 0.717) is 21.3 Å². The molecule has 4 aromatic rings. The zero-order valence-electron chi connectivity index (χ0n) is 16.8. The molecular weight excluding hydrogens is 468 g/mol. The van der Waals surface area contributed by atoms with Gasteiger partial charge in [0, 0.05) is 17.3 Å². The van der Waals surface area contributed by atoms with Crippen molar-refractivity contribution < 1.29 is 17.9 Å². The lowest BCUT2D eigenvalue weighted by Gasteiger charge is -2.07. The van der Waals surface area contributed by atoms with Crippen LogP contribution in [0.15, 0.2) is 71.1 Å². The molecule has 32 heavy (non-hydrogen) atoms. The van der Waals surface area contributed by atoms with Gasteiger partial charge in [-0.15, -0.1) is 22.7 Å². The van der Waals surface area contributed by atoms with Crippen molar-refractivity contribution in [2.75, 3.05) is 10.0 Å². The van der Waals surface area contributed by atoms with Gasteiger partial charge in [-0.25, -0.2) is 18.4 Å². The molecule has 0 radical (unpaired) electrons. The van der Waals surface area contributed by atoms with Gasteiger partial charge in [-0.2, -0.15) is 0 Å². The van der Waals surface area contributed by atoms with Crippen LogP contribution in [0.5, 0.6) is 5.75 Å². The molecule has 0 aliphatic heterocycles. The van der Waals surface area contributed by atoms with Crippen LogP contribution >= 0.6 is 22.7 Å². The molecule has 2 heterocycles. The third-order valence-electron chi connectivity index (χ3n) is 4.23. The van der Waals surface area contributed by atoms with E-state index in [4.69, 9.17) is 4.74 Å². The van der Waals surface area contributed by atoms with E-state index >= 15 is 0 Å². The number of benzene rings is 2. The number of carbonyl (C=O) groups is 1. The van der Waals surface area contributed by atoms with Gasteiger partial charge in [-0.1, -0.05) is 18.2 Å². The largest absolute Gasteiger partial charge is 0.486 e. The van der Waals surface area contributed by atoms with E-state index in [1.54, 1.807) is 12.3 Å². The molecule has 0 bridgehead atoms. The molecule has 0 saturated carbocycles. The highest BCUT2D eigenvalue weighted by molar-refractivity contribution is 7.93. The normalized spacial score (nSPS) is 11.2. The number of nitrogens with zero attached hydrogens (tertiary/aromatic N) is 2. The van der Waals surface area contributed by atoms with Crippen LogP contribution in [0.3, 0.4) is 0 Å². The first-order chi connectivity index (χ1) is 15.4. The number of amides is 1. The predicted molar refractivity (Wildman–Crippen MR) is 125 cm³/mol. The highest BCUT2D eigenvalue weighted by Gasteiger charge is 2.18. The molecule has 164 valence electrons. The molecule has 2 N–H and O–H groups in total. The number of hydrogen-bond donors (Lipinski definition) is 2. The Morgan fingerprint density at radius 1 is 1.09 bits per heavy atom. The Kier molecular flexibility index (Phi) is 6.49. The quantitative estimate of drug-likeness (QED) is 0.378. The van der Waals surface area contributed by atoms with Gasteiger partial charge < -0.3 is 10.1 Å². The molecule has 0 aliphatic carbocycles. The van der Waals surface area contributed by atoms with E-state index in [1.807, 2.05) is 30.3 Å². The number of ether oxygens (including phenoxy) is 1. The summed E-state index contributed by atoms with van der Waals surface area (Å²) in [5.74, 6) is 0.410. The summed E-state index contributed by atoms with van der Waals surface area (Å²) in [7, 11) is -3.75. The van der Waals surface area contributed by atoms with Gasteiger partial charge in [0.05, 0.1) is 10.6 Å². The van der Waals surface area contributed by atoms with E-state index in [2.05, 4.69) is 20.0 Å². The van der Waals surface area contributed by atoms with E-state index in [9.17, 15) is 13.2 Å². The zero-order chi connectivity index (χ0) is 22.6. The molecule has 0 saturated heterocycles. The second-order valence-electron chi connectivity index (χ2n) is 6.55. The lowest BCUT2D eigenvalue weighted by Crippen LogP contribution is -2.14. The van der Waals surface area contributed by atoms with Crippen molar-refractivity contribution in [3.63, 3.8) is 0 Å². The van der Waals surface area contributed by atoms with Crippen molar-refractivity contribution in [3.05, 3.63) is 81.8 Å². The Morgan fingerprint density at radius 3 is 2.53 bits per heavy atom. The Labute approximate surface area is 193 Å². The van der Waals surface area contributed by atoms with Crippen LogP contribution in [0.1, 0.15) is 20.4 Å². The Balaban J connectivity index is 1.40. The smallest absolute Gasteiger partial charge is 0.267 e. The Bertz CT molecular complexity index is 1300. The fourth-order valence-corrected chi connectivity index (χ4v) is 5.40. The Hall–Kier alpha value is -3.28. The number of hydrogen-bond acceptors (Lipinski definition) is 8. The fraction of sp³-hybridized carbons (Fsp3) is 0.0952. The molecule has 0 spiro atoms. The van der Waals surface area contributed by atoms with Crippen molar-refractivity contribution in [2.24, 2.45) is 0 Å². The molecular formula is C21H18N4O4S3. The van der Waals surface area contributed by atoms with Gasteiger partial charge in [-0.3, -0.25) is 9.52 Å². The van der Waals surface area contributed by atoms with Crippen molar-refractivity contribution >= 4 is 49.4 Å². The molecule has 0 unspecified atom stereocenters. The molecule has 2 aromatic carbocycles. The molecule has 2 aromatic heterocycles. The number of aryl methyl sites for hydroxylation is 1. The van der Waals surface area contributed by atoms with Gasteiger partial charge in [-0.05, 0) is 43.3 Å². The first-order valence-corrected chi connectivity index (χ1v) is 12.6. The van der Waals surface area contributed by atoms with E-state index < -0.39 is 10.0 Å². The molecule has 0 fully saturated rings. The molecule has 1 amide bonds. The molecule has 11 heteroatoms. The summed E-state index contributed by atoms with van der Waals surface area (Å²) in [5, 5.41) is 5.43. The number of carbonyl (C=O) groups excluding carboxylic acids is 1. The van der Waals surface area contributed by atoms with Gasteiger partial charge in [0.25, 0.3) is 15.9 Å². The van der Waals surface area contributed by atoms with Crippen LogP contribution in [0.25, 0.3) is 0 Å².